The molecule has 322 valence electrons. The second-order valence-corrected chi connectivity index (χ2v) is 18.1. The van der Waals surface area contributed by atoms with Crippen LogP contribution < -0.4 is 0 Å². The molecule has 3 heterocycles. The van der Waals surface area contributed by atoms with Crippen LogP contribution in [0.5, 0.6) is 0 Å². The Labute approximate surface area is 399 Å². The summed E-state index contributed by atoms with van der Waals surface area (Å²) < 4.78 is 7.35. The van der Waals surface area contributed by atoms with Crippen LogP contribution in [0.1, 0.15) is 0 Å². The Bertz CT molecular complexity index is 3810. The molecule has 3 aromatic heterocycles. The Morgan fingerprint density at radius 1 is 0.159 bits per heavy atom. The van der Waals surface area contributed by atoms with E-state index in [4.69, 9.17) is 0 Å². The Hall–Kier alpha value is -9.18. The zero-order valence-corrected chi connectivity index (χ0v) is 37.7. The highest BCUT2D eigenvalue weighted by atomic mass is 15.0. The van der Waals surface area contributed by atoms with E-state index in [0.29, 0.717) is 0 Å². The van der Waals surface area contributed by atoms with E-state index in [-0.39, 0.29) is 0 Å². The van der Waals surface area contributed by atoms with Crippen LogP contribution in [0, 0.1) is 0 Å². The quantitative estimate of drug-likeness (QED) is 0.152. The van der Waals surface area contributed by atoms with Crippen LogP contribution in [0.3, 0.4) is 0 Å². The molecule has 0 saturated carbocycles. The molecule has 0 aliphatic heterocycles. The van der Waals surface area contributed by atoms with Gasteiger partial charge < -0.3 is 13.7 Å². The van der Waals surface area contributed by atoms with Gasteiger partial charge in [0.1, 0.15) is 0 Å². The summed E-state index contributed by atoms with van der Waals surface area (Å²) in [6.07, 6.45) is 0. The first-order chi connectivity index (χ1) is 34.2. The van der Waals surface area contributed by atoms with E-state index in [1.54, 1.807) is 0 Å². The molecule has 0 spiro atoms. The zero-order valence-electron chi connectivity index (χ0n) is 37.7. The molecule has 0 fully saturated rings. The van der Waals surface area contributed by atoms with Crippen LogP contribution in [-0.2, 0) is 0 Å². The van der Waals surface area contributed by atoms with E-state index in [2.05, 4.69) is 275 Å². The average Bonchev–Trinajstić information content (AvgIpc) is 4.06. The molecular formula is C66H43N3. The lowest BCUT2D eigenvalue weighted by molar-refractivity contribution is 1.16. The second kappa shape index (κ2) is 15.7. The summed E-state index contributed by atoms with van der Waals surface area (Å²) in [6, 6.07) is 95.6. The summed E-state index contributed by atoms with van der Waals surface area (Å²) in [5, 5.41) is 7.32. The van der Waals surface area contributed by atoms with Gasteiger partial charge in [-0.1, -0.05) is 164 Å². The third-order valence-electron chi connectivity index (χ3n) is 14.2. The fraction of sp³-hybridized carbons (Fsp3) is 0. The van der Waals surface area contributed by atoms with E-state index < -0.39 is 0 Å². The van der Waals surface area contributed by atoms with Crippen molar-refractivity contribution in [1.29, 1.82) is 0 Å². The maximum Gasteiger partial charge on any atom is 0.0542 e. The number of para-hydroxylation sites is 1. The highest BCUT2D eigenvalue weighted by Gasteiger charge is 2.21. The van der Waals surface area contributed by atoms with Gasteiger partial charge in [-0.15, -0.1) is 0 Å². The van der Waals surface area contributed by atoms with Crippen molar-refractivity contribution in [2.24, 2.45) is 0 Å². The lowest BCUT2D eigenvalue weighted by Crippen LogP contribution is -1.96. The number of rotatable bonds is 7. The minimum atomic E-state index is 1.12. The number of benzene rings is 11. The molecule has 0 amide bonds. The maximum atomic E-state index is 2.46. The number of fused-ring (bicyclic) bond motifs is 9. The van der Waals surface area contributed by atoms with E-state index in [0.717, 1.165) is 28.1 Å². The van der Waals surface area contributed by atoms with Crippen molar-refractivity contribution in [2.45, 2.75) is 0 Å². The lowest BCUT2D eigenvalue weighted by atomic mass is 10.0. The molecule has 11 aromatic carbocycles. The van der Waals surface area contributed by atoms with Crippen molar-refractivity contribution < 1.29 is 0 Å². The first-order valence-electron chi connectivity index (χ1n) is 23.7. The van der Waals surface area contributed by atoms with Crippen LogP contribution >= 0.6 is 0 Å². The Morgan fingerprint density at radius 3 is 0.681 bits per heavy atom. The normalized spacial score (nSPS) is 11.8. The summed E-state index contributed by atoms with van der Waals surface area (Å²) in [5.41, 5.74) is 20.1. The van der Waals surface area contributed by atoms with Crippen molar-refractivity contribution in [3.8, 4) is 61.6 Å². The smallest absolute Gasteiger partial charge is 0.0542 e. The van der Waals surface area contributed by atoms with E-state index >= 15 is 0 Å². The molecule has 14 rings (SSSR count). The van der Waals surface area contributed by atoms with Gasteiger partial charge in [-0.25, -0.2) is 0 Å². The molecule has 0 aliphatic carbocycles. The van der Waals surface area contributed by atoms with E-state index in [9.17, 15) is 0 Å². The molecule has 0 bridgehead atoms. The second-order valence-electron chi connectivity index (χ2n) is 18.1. The Balaban J connectivity index is 1.01. The van der Waals surface area contributed by atoms with Crippen molar-refractivity contribution in [3.05, 3.63) is 261 Å². The summed E-state index contributed by atoms with van der Waals surface area (Å²) in [7, 11) is 0. The average molecular weight is 878 g/mol. The highest BCUT2D eigenvalue weighted by molar-refractivity contribution is 6.15. The first-order valence-corrected chi connectivity index (χ1v) is 23.7. The van der Waals surface area contributed by atoms with E-state index in [1.807, 2.05) is 0 Å². The predicted molar refractivity (Wildman–Crippen MR) is 291 cm³/mol. The Kier molecular flexibility index (Phi) is 8.90. The molecule has 0 aliphatic rings. The topological polar surface area (TPSA) is 14.8 Å². The summed E-state index contributed by atoms with van der Waals surface area (Å²) in [6.45, 7) is 0. The van der Waals surface area contributed by atoms with Gasteiger partial charge in [0.25, 0.3) is 0 Å². The molecule has 0 atom stereocenters. The standard InChI is InChI=1S/C66H43N3/c1-6-16-44(17-7-1)48-26-32-61-55(38-48)56-39-49(45-18-8-2-9-19-45)27-33-62(56)68(61)53-30-36-65-59(42-53)60-43-54(31-37-66(60)67(65)52-24-14-5-15-25-52)69-63-34-28-50(46-20-10-3-11-21-46)40-57(63)58-41-51(29-35-64(58)69)47-22-12-4-13-23-47/h1-43H. The monoisotopic (exact) mass is 877 g/mol. The fourth-order valence-corrected chi connectivity index (χ4v) is 11.0. The first kappa shape index (κ1) is 39.0. The van der Waals surface area contributed by atoms with Crippen molar-refractivity contribution in [2.75, 3.05) is 0 Å². The van der Waals surface area contributed by atoms with Crippen molar-refractivity contribution in [1.82, 2.24) is 13.7 Å². The molecule has 0 saturated heterocycles. The number of aromatic nitrogens is 3. The van der Waals surface area contributed by atoms with Crippen LogP contribution in [-0.4, -0.2) is 13.7 Å². The Morgan fingerprint density at radius 2 is 0.391 bits per heavy atom. The molecule has 69 heavy (non-hydrogen) atoms. The van der Waals surface area contributed by atoms with Gasteiger partial charge in [0.15, 0.2) is 0 Å². The molecule has 0 N–H and O–H groups in total. The van der Waals surface area contributed by atoms with Crippen molar-refractivity contribution in [3.63, 3.8) is 0 Å². The zero-order chi connectivity index (χ0) is 45.4. The van der Waals surface area contributed by atoms with Gasteiger partial charge >= 0.3 is 0 Å². The fourth-order valence-electron chi connectivity index (χ4n) is 11.0. The van der Waals surface area contributed by atoms with Gasteiger partial charge in [0.05, 0.1) is 33.1 Å². The third-order valence-corrected chi connectivity index (χ3v) is 14.2. The molecule has 14 aromatic rings. The van der Waals surface area contributed by atoms with Crippen LogP contribution in [0.15, 0.2) is 261 Å². The summed E-state index contributed by atoms with van der Waals surface area (Å²) in [4.78, 5) is 0. The maximum absolute atomic E-state index is 2.46. The molecular weight excluding hydrogens is 835 g/mol. The van der Waals surface area contributed by atoms with Gasteiger partial charge in [-0.3, -0.25) is 0 Å². The van der Waals surface area contributed by atoms with Gasteiger partial charge in [-0.2, -0.15) is 0 Å². The SMILES string of the molecule is c1ccc(-c2ccc3c(c2)c2cc(-c4ccccc4)ccc2n3-c2ccc3c(c2)c2cc(-n4c5ccc(-c6ccccc6)cc5c5cc(-c6ccccc6)ccc54)ccc2n3-c2ccccc2)cc1. The highest BCUT2D eigenvalue weighted by Crippen LogP contribution is 2.42. The minimum absolute atomic E-state index is 1.12. The van der Waals surface area contributed by atoms with Crippen LogP contribution in [0.4, 0.5) is 0 Å². The summed E-state index contributed by atoms with van der Waals surface area (Å²) >= 11 is 0. The van der Waals surface area contributed by atoms with Gasteiger partial charge in [0, 0.05) is 49.4 Å². The minimum Gasteiger partial charge on any atom is -0.309 e. The molecule has 3 nitrogen and oxygen atoms in total. The van der Waals surface area contributed by atoms with Crippen LogP contribution in [0.2, 0.25) is 0 Å². The number of nitrogens with zero attached hydrogens (tertiary/aromatic N) is 3. The van der Waals surface area contributed by atoms with Gasteiger partial charge in [-0.05, 0) is 142 Å². The van der Waals surface area contributed by atoms with E-state index in [1.165, 1.54) is 98.9 Å². The largest absolute Gasteiger partial charge is 0.309 e. The van der Waals surface area contributed by atoms with Gasteiger partial charge in [0.2, 0.25) is 0 Å². The predicted octanol–water partition coefficient (Wildman–Crippen LogP) is 17.6. The summed E-state index contributed by atoms with van der Waals surface area (Å²) in [5.74, 6) is 0. The lowest BCUT2D eigenvalue weighted by Gasteiger charge is -2.11. The number of hydrogen-bond donors (Lipinski definition) is 0. The molecule has 3 heteroatoms. The molecule has 0 radical (unpaired) electrons. The molecule has 0 unspecified atom stereocenters. The van der Waals surface area contributed by atoms with Crippen molar-refractivity contribution >= 4 is 65.4 Å². The number of hydrogen-bond acceptors (Lipinski definition) is 0. The van der Waals surface area contributed by atoms with Crippen LogP contribution in [0.25, 0.3) is 127 Å². The third kappa shape index (κ3) is 6.36.